The molecular weight excluding hydrogens is 252 g/mol. The molecule has 0 spiro atoms. The van der Waals surface area contributed by atoms with Gasteiger partial charge in [-0.25, -0.2) is 0 Å². The van der Waals surface area contributed by atoms with Gasteiger partial charge in [-0.1, -0.05) is 18.2 Å². The Bertz CT molecular complexity index is 638. The van der Waals surface area contributed by atoms with Gasteiger partial charge in [0.1, 0.15) is 5.75 Å². The van der Waals surface area contributed by atoms with E-state index >= 15 is 0 Å². The van der Waals surface area contributed by atoms with Crippen molar-refractivity contribution in [2.24, 2.45) is 0 Å². The van der Waals surface area contributed by atoms with E-state index in [1.54, 1.807) is 37.1 Å². The number of carbonyl (C=O) groups excluding carboxylic acids is 1. The zero-order valence-corrected chi connectivity index (χ0v) is 11.6. The Morgan fingerprint density at radius 3 is 2.65 bits per heavy atom. The lowest BCUT2D eigenvalue weighted by atomic mass is 10.1. The molecule has 4 nitrogen and oxygen atoms in total. The zero-order chi connectivity index (χ0) is 14.7. The SMILES string of the molecule is Cc1c(O)cccc1C(=O)N(C)Cc1cccc(N)c1. The number of hydrogen-bond acceptors (Lipinski definition) is 3. The highest BCUT2D eigenvalue weighted by molar-refractivity contribution is 5.96. The van der Waals surface area contributed by atoms with E-state index in [1.165, 1.54) is 0 Å². The van der Waals surface area contributed by atoms with Crippen molar-refractivity contribution in [1.82, 2.24) is 4.90 Å². The van der Waals surface area contributed by atoms with Crippen LogP contribution in [0.1, 0.15) is 21.5 Å². The van der Waals surface area contributed by atoms with Gasteiger partial charge in [-0.15, -0.1) is 0 Å². The van der Waals surface area contributed by atoms with E-state index in [0.717, 1.165) is 5.56 Å². The molecule has 0 aliphatic heterocycles. The first-order valence-corrected chi connectivity index (χ1v) is 6.37. The first kappa shape index (κ1) is 13.9. The average Bonchev–Trinajstić information content (AvgIpc) is 2.41. The largest absolute Gasteiger partial charge is 0.508 e. The van der Waals surface area contributed by atoms with Crippen molar-refractivity contribution in [2.75, 3.05) is 12.8 Å². The molecule has 2 aromatic carbocycles. The summed E-state index contributed by atoms with van der Waals surface area (Å²) >= 11 is 0. The molecule has 0 radical (unpaired) electrons. The summed E-state index contributed by atoms with van der Waals surface area (Å²) in [5.41, 5.74) is 8.48. The van der Waals surface area contributed by atoms with Crippen LogP contribution in [0.3, 0.4) is 0 Å². The van der Waals surface area contributed by atoms with Gasteiger partial charge in [-0.2, -0.15) is 0 Å². The number of aromatic hydroxyl groups is 1. The summed E-state index contributed by atoms with van der Waals surface area (Å²) in [6, 6.07) is 12.4. The maximum atomic E-state index is 12.4. The third-order valence-electron chi connectivity index (χ3n) is 3.25. The number of hydrogen-bond donors (Lipinski definition) is 2. The highest BCUT2D eigenvalue weighted by Gasteiger charge is 2.15. The van der Waals surface area contributed by atoms with Crippen LogP contribution < -0.4 is 5.73 Å². The molecule has 1 amide bonds. The van der Waals surface area contributed by atoms with E-state index in [0.29, 0.717) is 23.4 Å². The number of phenols is 1. The van der Waals surface area contributed by atoms with Crippen molar-refractivity contribution < 1.29 is 9.90 Å². The molecule has 0 aliphatic carbocycles. The highest BCUT2D eigenvalue weighted by Crippen LogP contribution is 2.21. The molecule has 0 aliphatic rings. The average molecular weight is 270 g/mol. The molecule has 2 rings (SSSR count). The van der Waals surface area contributed by atoms with Crippen molar-refractivity contribution in [3.05, 3.63) is 59.2 Å². The zero-order valence-electron chi connectivity index (χ0n) is 11.6. The van der Waals surface area contributed by atoms with Crippen LogP contribution in [0.15, 0.2) is 42.5 Å². The lowest BCUT2D eigenvalue weighted by molar-refractivity contribution is 0.0784. The maximum Gasteiger partial charge on any atom is 0.254 e. The first-order chi connectivity index (χ1) is 9.49. The van der Waals surface area contributed by atoms with Crippen molar-refractivity contribution in [3.8, 4) is 5.75 Å². The summed E-state index contributed by atoms with van der Waals surface area (Å²) in [4.78, 5) is 14.0. The molecule has 20 heavy (non-hydrogen) atoms. The molecular formula is C16H18N2O2. The number of nitrogen functional groups attached to an aromatic ring is 1. The lowest BCUT2D eigenvalue weighted by Gasteiger charge is -2.19. The molecule has 0 saturated carbocycles. The number of anilines is 1. The van der Waals surface area contributed by atoms with Crippen LogP contribution in [0.25, 0.3) is 0 Å². The molecule has 3 N–H and O–H groups in total. The monoisotopic (exact) mass is 270 g/mol. The van der Waals surface area contributed by atoms with Crippen molar-refractivity contribution in [1.29, 1.82) is 0 Å². The Balaban J connectivity index is 2.19. The van der Waals surface area contributed by atoms with Gasteiger partial charge >= 0.3 is 0 Å². The molecule has 0 saturated heterocycles. The molecule has 2 aromatic rings. The second kappa shape index (κ2) is 5.65. The fourth-order valence-electron chi connectivity index (χ4n) is 2.10. The summed E-state index contributed by atoms with van der Waals surface area (Å²) < 4.78 is 0. The van der Waals surface area contributed by atoms with E-state index < -0.39 is 0 Å². The van der Waals surface area contributed by atoms with Gasteiger partial charge in [0.05, 0.1) is 0 Å². The molecule has 4 heteroatoms. The van der Waals surface area contributed by atoms with Gasteiger partial charge in [0.15, 0.2) is 0 Å². The minimum Gasteiger partial charge on any atom is -0.508 e. The summed E-state index contributed by atoms with van der Waals surface area (Å²) in [5.74, 6) is 0.00836. The number of carbonyl (C=O) groups is 1. The molecule has 104 valence electrons. The molecule has 0 atom stereocenters. The van der Waals surface area contributed by atoms with Gasteiger partial charge in [0, 0.05) is 30.4 Å². The van der Waals surface area contributed by atoms with Gasteiger partial charge in [0.25, 0.3) is 5.91 Å². The molecule has 0 bridgehead atoms. The minimum atomic E-state index is -0.124. The number of amides is 1. The van der Waals surface area contributed by atoms with Crippen LogP contribution in [0.4, 0.5) is 5.69 Å². The van der Waals surface area contributed by atoms with Crippen LogP contribution >= 0.6 is 0 Å². The summed E-state index contributed by atoms with van der Waals surface area (Å²) in [6.45, 7) is 2.20. The number of nitrogens with zero attached hydrogens (tertiary/aromatic N) is 1. The van der Waals surface area contributed by atoms with E-state index in [1.807, 2.05) is 24.3 Å². The predicted octanol–water partition coefficient (Wildman–Crippen LogP) is 2.56. The smallest absolute Gasteiger partial charge is 0.254 e. The van der Waals surface area contributed by atoms with E-state index in [9.17, 15) is 9.90 Å². The van der Waals surface area contributed by atoms with Gasteiger partial charge < -0.3 is 15.7 Å². The molecule has 0 unspecified atom stereocenters. The van der Waals surface area contributed by atoms with E-state index in [-0.39, 0.29) is 11.7 Å². The summed E-state index contributed by atoms with van der Waals surface area (Å²) in [5, 5.41) is 9.67. The normalized spacial score (nSPS) is 10.3. The standard InChI is InChI=1S/C16H18N2O2/c1-11-14(7-4-8-15(11)19)16(20)18(2)10-12-5-3-6-13(17)9-12/h3-9,19H,10,17H2,1-2H3. The minimum absolute atomic E-state index is 0.124. The molecule has 0 heterocycles. The third-order valence-corrected chi connectivity index (χ3v) is 3.25. The highest BCUT2D eigenvalue weighted by atomic mass is 16.3. The number of nitrogens with two attached hydrogens (primary N) is 1. The maximum absolute atomic E-state index is 12.4. The van der Waals surface area contributed by atoms with Gasteiger partial charge in [0.2, 0.25) is 0 Å². The summed E-state index contributed by atoms with van der Waals surface area (Å²) in [6.07, 6.45) is 0. The number of rotatable bonds is 3. The van der Waals surface area contributed by atoms with Crippen molar-refractivity contribution >= 4 is 11.6 Å². The van der Waals surface area contributed by atoms with Gasteiger partial charge in [-0.3, -0.25) is 4.79 Å². The Kier molecular flexibility index (Phi) is 3.94. The van der Waals surface area contributed by atoms with Crippen LogP contribution in [0, 0.1) is 6.92 Å². The number of phenolic OH excluding ortho intramolecular Hbond substituents is 1. The summed E-state index contributed by atoms with van der Waals surface area (Å²) in [7, 11) is 1.73. The second-order valence-corrected chi connectivity index (χ2v) is 4.86. The third kappa shape index (κ3) is 2.91. The van der Waals surface area contributed by atoms with Crippen LogP contribution in [0.2, 0.25) is 0 Å². The van der Waals surface area contributed by atoms with Crippen LogP contribution in [-0.4, -0.2) is 23.0 Å². The Morgan fingerprint density at radius 1 is 1.25 bits per heavy atom. The Morgan fingerprint density at radius 2 is 1.95 bits per heavy atom. The Hall–Kier alpha value is -2.49. The van der Waals surface area contributed by atoms with E-state index in [4.69, 9.17) is 5.73 Å². The number of benzene rings is 2. The predicted molar refractivity (Wildman–Crippen MR) is 79.5 cm³/mol. The molecule has 0 aromatic heterocycles. The topological polar surface area (TPSA) is 66.6 Å². The van der Waals surface area contributed by atoms with Gasteiger partial charge in [-0.05, 0) is 36.8 Å². The first-order valence-electron chi connectivity index (χ1n) is 6.37. The fourth-order valence-corrected chi connectivity index (χ4v) is 2.10. The second-order valence-electron chi connectivity index (χ2n) is 4.86. The van der Waals surface area contributed by atoms with Crippen LogP contribution in [0.5, 0.6) is 5.75 Å². The van der Waals surface area contributed by atoms with Crippen molar-refractivity contribution in [2.45, 2.75) is 13.5 Å². The lowest BCUT2D eigenvalue weighted by Crippen LogP contribution is -2.26. The Labute approximate surface area is 118 Å². The quantitative estimate of drug-likeness (QED) is 0.842. The molecule has 0 fully saturated rings. The fraction of sp³-hybridized carbons (Fsp3) is 0.188. The van der Waals surface area contributed by atoms with Crippen molar-refractivity contribution in [3.63, 3.8) is 0 Å². The van der Waals surface area contributed by atoms with E-state index in [2.05, 4.69) is 0 Å². The van der Waals surface area contributed by atoms with Crippen LogP contribution in [-0.2, 0) is 6.54 Å².